The summed E-state index contributed by atoms with van der Waals surface area (Å²) in [4.78, 5) is 13.3. The lowest BCUT2D eigenvalue weighted by Crippen LogP contribution is -2.38. The first kappa shape index (κ1) is 15.4. The van der Waals surface area contributed by atoms with E-state index in [1.165, 1.54) is 0 Å². The number of aromatic nitrogens is 2. The average molecular weight is 303 g/mol. The van der Waals surface area contributed by atoms with Crippen LogP contribution >= 0.6 is 11.3 Å². The van der Waals surface area contributed by atoms with Gasteiger partial charge in [0.1, 0.15) is 0 Å². The minimum atomic E-state index is 0.575. The first-order valence-corrected chi connectivity index (χ1v) is 7.99. The molecule has 2 rings (SSSR count). The molecule has 0 saturated heterocycles. The van der Waals surface area contributed by atoms with Gasteiger partial charge in [0.15, 0.2) is 5.96 Å². The predicted molar refractivity (Wildman–Crippen MR) is 87.6 cm³/mol. The molecule has 0 unspecified atom stereocenters. The van der Waals surface area contributed by atoms with Crippen LogP contribution < -0.4 is 10.6 Å². The molecule has 0 bridgehead atoms. The van der Waals surface area contributed by atoms with E-state index in [0.29, 0.717) is 6.54 Å². The van der Waals surface area contributed by atoms with Crippen molar-refractivity contribution in [3.05, 3.63) is 46.2 Å². The summed E-state index contributed by atoms with van der Waals surface area (Å²) < 4.78 is 0. The summed E-state index contributed by atoms with van der Waals surface area (Å²) in [6.45, 7) is 6.31. The van der Waals surface area contributed by atoms with Gasteiger partial charge in [-0.05, 0) is 26.0 Å². The molecule has 0 aliphatic heterocycles. The Kier molecular flexibility index (Phi) is 6.15. The Morgan fingerprint density at radius 2 is 2.19 bits per heavy atom. The number of aliphatic imine (C=N–C) groups is 1. The molecular weight excluding hydrogens is 282 g/mol. The zero-order valence-electron chi connectivity index (χ0n) is 12.5. The minimum absolute atomic E-state index is 0.575. The van der Waals surface area contributed by atoms with Gasteiger partial charge in [-0.1, -0.05) is 6.07 Å². The van der Waals surface area contributed by atoms with E-state index >= 15 is 0 Å². The van der Waals surface area contributed by atoms with Crippen molar-refractivity contribution in [3.63, 3.8) is 0 Å². The summed E-state index contributed by atoms with van der Waals surface area (Å²) in [7, 11) is 0. The van der Waals surface area contributed by atoms with Crippen molar-refractivity contribution < 1.29 is 0 Å². The molecule has 112 valence electrons. The number of nitrogens with one attached hydrogen (secondary N) is 2. The quantitative estimate of drug-likeness (QED) is 0.634. The molecular formula is C15H21N5S. The second kappa shape index (κ2) is 8.36. The highest BCUT2D eigenvalue weighted by atomic mass is 32.1. The Labute approximate surface area is 129 Å². The van der Waals surface area contributed by atoms with E-state index in [4.69, 9.17) is 0 Å². The van der Waals surface area contributed by atoms with Crippen LogP contribution in [0, 0.1) is 6.92 Å². The number of aryl methyl sites for hydroxylation is 1. The van der Waals surface area contributed by atoms with Crippen molar-refractivity contribution in [3.8, 4) is 0 Å². The van der Waals surface area contributed by atoms with Crippen LogP contribution in [-0.2, 0) is 13.0 Å². The molecule has 6 heteroatoms. The molecule has 0 spiro atoms. The van der Waals surface area contributed by atoms with E-state index in [1.807, 2.05) is 25.1 Å². The van der Waals surface area contributed by atoms with E-state index < -0.39 is 0 Å². The van der Waals surface area contributed by atoms with E-state index in [0.717, 1.165) is 41.9 Å². The Hall–Kier alpha value is -1.95. The van der Waals surface area contributed by atoms with Crippen LogP contribution in [0.1, 0.15) is 23.3 Å². The molecule has 0 aromatic carbocycles. The lowest BCUT2D eigenvalue weighted by atomic mass is 10.3. The first-order chi connectivity index (χ1) is 10.3. The molecule has 0 aliphatic carbocycles. The van der Waals surface area contributed by atoms with E-state index in [1.54, 1.807) is 17.5 Å². The zero-order chi connectivity index (χ0) is 14.9. The highest BCUT2D eigenvalue weighted by Crippen LogP contribution is 2.07. The number of rotatable bonds is 6. The smallest absolute Gasteiger partial charge is 0.191 e. The van der Waals surface area contributed by atoms with Gasteiger partial charge in [-0.15, -0.1) is 11.3 Å². The Morgan fingerprint density at radius 1 is 1.29 bits per heavy atom. The molecule has 2 aromatic heterocycles. The maximum atomic E-state index is 4.53. The van der Waals surface area contributed by atoms with Gasteiger partial charge in [-0.2, -0.15) is 0 Å². The fourth-order valence-corrected chi connectivity index (χ4v) is 2.47. The third kappa shape index (κ3) is 5.51. The minimum Gasteiger partial charge on any atom is -0.357 e. The molecule has 0 aliphatic rings. The van der Waals surface area contributed by atoms with E-state index in [-0.39, 0.29) is 0 Å². The van der Waals surface area contributed by atoms with Gasteiger partial charge in [0.25, 0.3) is 0 Å². The Morgan fingerprint density at radius 3 is 2.86 bits per heavy atom. The van der Waals surface area contributed by atoms with Gasteiger partial charge >= 0.3 is 0 Å². The van der Waals surface area contributed by atoms with Crippen LogP contribution in [0.25, 0.3) is 0 Å². The zero-order valence-corrected chi connectivity index (χ0v) is 13.3. The Balaban J connectivity index is 1.83. The number of hydrogen-bond donors (Lipinski definition) is 2. The van der Waals surface area contributed by atoms with Gasteiger partial charge in [0, 0.05) is 31.1 Å². The van der Waals surface area contributed by atoms with Crippen molar-refractivity contribution in [1.29, 1.82) is 0 Å². The van der Waals surface area contributed by atoms with Crippen molar-refractivity contribution in [2.24, 2.45) is 4.99 Å². The molecule has 21 heavy (non-hydrogen) atoms. The van der Waals surface area contributed by atoms with Crippen LogP contribution in [0.3, 0.4) is 0 Å². The van der Waals surface area contributed by atoms with Crippen LogP contribution in [0.2, 0.25) is 0 Å². The van der Waals surface area contributed by atoms with Crippen molar-refractivity contribution in [1.82, 2.24) is 20.6 Å². The maximum Gasteiger partial charge on any atom is 0.191 e. The molecule has 2 heterocycles. The topological polar surface area (TPSA) is 62.2 Å². The molecule has 2 N–H and O–H groups in total. The fourth-order valence-electron chi connectivity index (χ4n) is 1.83. The normalized spacial score (nSPS) is 11.4. The van der Waals surface area contributed by atoms with Crippen LogP contribution in [0.15, 0.2) is 34.8 Å². The molecule has 2 aromatic rings. The van der Waals surface area contributed by atoms with Gasteiger partial charge in [0.05, 0.1) is 22.9 Å². The van der Waals surface area contributed by atoms with E-state index in [2.05, 4.69) is 37.9 Å². The third-order valence-corrected chi connectivity index (χ3v) is 3.63. The first-order valence-electron chi connectivity index (χ1n) is 7.11. The van der Waals surface area contributed by atoms with Crippen LogP contribution in [-0.4, -0.2) is 29.0 Å². The number of nitrogens with zero attached hydrogens (tertiary/aromatic N) is 3. The highest BCUT2D eigenvalue weighted by Gasteiger charge is 2.00. The standard InChI is InChI=1S/C15H21N5S/c1-3-16-15(19-10-13-6-4-5-8-17-13)18-9-7-14-11-21-12(2)20-14/h4-6,8,11H,3,7,9-10H2,1-2H3,(H2,16,18,19). The average Bonchev–Trinajstić information content (AvgIpc) is 2.91. The third-order valence-electron chi connectivity index (χ3n) is 2.81. The van der Waals surface area contributed by atoms with E-state index in [9.17, 15) is 0 Å². The number of pyridine rings is 1. The van der Waals surface area contributed by atoms with Crippen LogP contribution in [0.4, 0.5) is 0 Å². The van der Waals surface area contributed by atoms with Crippen LogP contribution in [0.5, 0.6) is 0 Å². The summed E-state index contributed by atoms with van der Waals surface area (Å²) in [5.41, 5.74) is 2.09. The summed E-state index contributed by atoms with van der Waals surface area (Å²) in [5.74, 6) is 0.815. The predicted octanol–water partition coefficient (Wildman–Crippen LogP) is 2.14. The highest BCUT2D eigenvalue weighted by molar-refractivity contribution is 7.09. The molecule has 5 nitrogen and oxygen atoms in total. The van der Waals surface area contributed by atoms with Gasteiger partial charge in [0.2, 0.25) is 0 Å². The summed E-state index contributed by atoms with van der Waals surface area (Å²) in [6, 6.07) is 5.86. The summed E-state index contributed by atoms with van der Waals surface area (Å²) in [5, 5.41) is 9.78. The van der Waals surface area contributed by atoms with Crippen molar-refractivity contribution in [2.45, 2.75) is 26.8 Å². The number of hydrogen-bond acceptors (Lipinski definition) is 4. The van der Waals surface area contributed by atoms with Crippen molar-refractivity contribution >= 4 is 17.3 Å². The van der Waals surface area contributed by atoms with Gasteiger partial charge in [-0.3, -0.25) is 4.98 Å². The largest absolute Gasteiger partial charge is 0.357 e. The second-order valence-electron chi connectivity index (χ2n) is 4.55. The second-order valence-corrected chi connectivity index (χ2v) is 5.61. The molecule has 0 saturated carbocycles. The summed E-state index contributed by atoms with van der Waals surface area (Å²) in [6.07, 6.45) is 2.69. The molecule has 0 amide bonds. The number of guanidine groups is 1. The monoisotopic (exact) mass is 303 g/mol. The summed E-state index contributed by atoms with van der Waals surface area (Å²) >= 11 is 1.69. The lowest BCUT2D eigenvalue weighted by molar-refractivity contribution is 0.787. The Bertz CT molecular complexity index is 564. The number of thiazole rings is 1. The van der Waals surface area contributed by atoms with Gasteiger partial charge in [-0.25, -0.2) is 9.98 Å². The lowest BCUT2D eigenvalue weighted by Gasteiger charge is -2.10. The fraction of sp³-hybridized carbons (Fsp3) is 0.400. The molecule has 0 atom stereocenters. The van der Waals surface area contributed by atoms with Gasteiger partial charge < -0.3 is 10.6 Å². The molecule has 0 fully saturated rings. The molecule has 0 radical (unpaired) electrons. The maximum absolute atomic E-state index is 4.53. The van der Waals surface area contributed by atoms with Crippen molar-refractivity contribution in [2.75, 3.05) is 13.1 Å². The SMILES string of the molecule is CCNC(=NCc1ccccn1)NCCc1csc(C)n1.